The number of amides is 1. The SMILES string of the molecule is COc1cc(C(=O)c2cccc(NC(=O)C(C)(C)C)c2)cc(OC)c1OC. The van der Waals surface area contributed by atoms with Gasteiger partial charge in [0, 0.05) is 22.2 Å². The molecule has 6 nitrogen and oxygen atoms in total. The van der Waals surface area contributed by atoms with Crippen LogP contribution in [0.1, 0.15) is 36.7 Å². The average molecular weight is 371 g/mol. The molecular formula is C21H25NO5. The number of methoxy groups -OCH3 is 3. The number of ether oxygens (including phenoxy) is 3. The summed E-state index contributed by atoms with van der Waals surface area (Å²) in [7, 11) is 4.49. The molecule has 0 bridgehead atoms. The fourth-order valence-corrected chi connectivity index (χ4v) is 2.44. The van der Waals surface area contributed by atoms with Gasteiger partial charge >= 0.3 is 0 Å². The molecule has 0 saturated carbocycles. The molecule has 0 heterocycles. The van der Waals surface area contributed by atoms with Gasteiger partial charge in [-0.25, -0.2) is 0 Å². The molecule has 1 N–H and O–H groups in total. The maximum absolute atomic E-state index is 13.0. The van der Waals surface area contributed by atoms with Gasteiger partial charge in [0.15, 0.2) is 17.3 Å². The van der Waals surface area contributed by atoms with Gasteiger partial charge in [-0.3, -0.25) is 9.59 Å². The number of anilines is 1. The monoisotopic (exact) mass is 371 g/mol. The van der Waals surface area contributed by atoms with Crippen LogP contribution >= 0.6 is 0 Å². The van der Waals surface area contributed by atoms with Gasteiger partial charge in [-0.15, -0.1) is 0 Å². The molecule has 0 aromatic heterocycles. The summed E-state index contributed by atoms with van der Waals surface area (Å²) in [5.41, 5.74) is 0.865. The number of rotatable bonds is 6. The Hall–Kier alpha value is -3.02. The van der Waals surface area contributed by atoms with Crippen molar-refractivity contribution in [2.75, 3.05) is 26.6 Å². The number of benzene rings is 2. The lowest BCUT2D eigenvalue weighted by Crippen LogP contribution is -2.27. The van der Waals surface area contributed by atoms with Crippen LogP contribution in [0.2, 0.25) is 0 Å². The van der Waals surface area contributed by atoms with Crippen LogP contribution in [0.15, 0.2) is 36.4 Å². The summed E-state index contributed by atoms with van der Waals surface area (Å²) in [5.74, 6) is 0.874. The Kier molecular flexibility index (Phi) is 6.10. The standard InChI is InChI=1S/C21H25NO5/c1-21(2,3)20(24)22-15-9-7-8-13(10-15)18(23)14-11-16(25-4)19(27-6)17(12-14)26-5/h7-12H,1-6H3,(H,22,24). The van der Waals surface area contributed by atoms with Crippen LogP contribution in [0.25, 0.3) is 0 Å². The minimum Gasteiger partial charge on any atom is -0.493 e. The number of ketones is 1. The average Bonchev–Trinajstić information content (AvgIpc) is 2.65. The Labute approximate surface area is 159 Å². The van der Waals surface area contributed by atoms with Crippen molar-refractivity contribution >= 4 is 17.4 Å². The van der Waals surface area contributed by atoms with Crippen molar-refractivity contribution in [2.24, 2.45) is 5.41 Å². The van der Waals surface area contributed by atoms with Crippen LogP contribution < -0.4 is 19.5 Å². The highest BCUT2D eigenvalue weighted by Gasteiger charge is 2.22. The third kappa shape index (κ3) is 4.58. The second-order valence-electron chi connectivity index (χ2n) is 7.03. The normalized spacial score (nSPS) is 10.9. The molecule has 0 radical (unpaired) electrons. The van der Waals surface area contributed by atoms with Crippen molar-refractivity contribution in [1.82, 2.24) is 0 Å². The molecule has 2 rings (SSSR count). The lowest BCUT2D eigenvalue weighted by molar-refractivity contribution is -0.123. The van der Waals surface area contributed by atoms with Gasteiger partial charge in [-0.2, -0.15) is 0 Å². The first kappa shape index (κ1) is 20.3. The summed E-state index contributed by atoms with van der Waals surface area (Å²) in [5, 5.41) is 2.83. The van der Waals surface area contributed by atoms with Gasteiger partial charge in [-0.05, 0) is 24.3 Å². The van der Waals surface area contributed by atoms with Crippen molar-refractivity contribution in [3.05, 3.63) is 47.5 Å². The smallest absolute Gasteiger partial charge is 0.229 e. The number of hydrogen-bond acceptors (Lipinski definition) is 5. The Morgan fingerprint density at radius 3 is 1.93 bits per heavy atom. The van der Waals surface area contributed by atoms with Crippen LogP contribution in [-0.4, -0.2) is 33.0 Å². The summed E-state index contributed by atoms with van der Waals surface area (Å²) in [6.45, 7) is 5.48. The van der Waals surface area contributed by atoms with E-state index in [1.165, 1.54) is 21.3 Å². The zero-order valence-corrected chi connectivity index (χ0v) is 16.5. The molecule has 27 heavy (non-hydrogen) atoms. The summed E-state index contributed by atoms with van der Waals surface area (Å²) in [6, 6.07) is 10.0. The molecule has 1 amide bonds. The Bertz CT molecular complexity index is 827. The summed E-state index contributed by atoms with van der Waals surface area (Å²) >= 11 is 0. The fraction of sp³-hybridized carbons (Fsp3) is 0.333. The number of nitrogens with one attached hydrogen (secondary N) is 1. The van der Waals surface area contributed by atoms with Crippen LogP contribution in [0, 0.1) is 5.41 Å². The van der Waals surface area contributed by atoms with E-state index < -0.39 is 5.41 Å². The van der Waals surface area contributed by atoms with E-state index in [2.05, 4.69) is 5.32 Å². The zero-order chi connectivity index (χ0) is 20.2. The number of carbonyl (C=O) groups excluding carboxylic acids is 2. The molecule has 0 atom stereocenters. The van der Waals surface area contributed by atoms with E-state index in [1.54, 1.807) is 36.4 Å². The number of carbonyl (C=O) groups is 2. The number of hydrogen-bond donors (Lipinski definition) is 1. The van der Waals surface area contributed by atoms with Crippen molar-refractivity contribution in [2.45, 2.75) is 20.8 Å². The van der Waals surface area contributed by atoms with Gasteiger partial charge in [0.05, 0.1) is 21.3 Å². The summed E-state index contributed by atoms with van der Waals surface area (Å²) in [4.78, 5) is 25.1. The largest absolute Gasteiger partial charge is 0.493 e. The molecule has 144 valence electrons. The maximum Gasteiger partial charge on any atom is 0.229 e. The molecular weight excluding hydrogens is 346 g/mol. The predicted octanol–water partition coefficient (Wildman–Crippen LogP) is 3.93. The molecule has 0 unspecified atom stereocenters. The van der Waals surface area contributed by atoms with Crippen LogP contribution in [0.5, 0.6) is 17.2 Å². The second kappa shape index (κ2) is 8.12. The van der Waals surface area contributed by atoms with Crippen molar-refractivity contribution in [1.29, 1.82) is 0 Å². The van der Waals surface area contributed by atoms with E-state index in [-0.39, 0.29) is 11.7 Å². The predicted molar refractivity (Wildman–Crippen MR) is 104 cm³/mol. The highest BCUT2D eigenvalue weighted by atomic mass is 16.5. The second-order valence-corrected chi connectivity index (χ2v) is 7.03. The Morgan fingerprint density at radius 2 is 1.44 bits per heavy atom. The third-order valence-electron chi connectivity index (χ3n) is 3.99. The zero-order valence-electron chi connectivity index (χ0n) is 16.5. The lowest BCUT2D eigenvalue weighted by atomic mass is 9.95. The lowest BCUT2D eigenvalue weighted by Gasteiger charge is -2.18. The summed E-state index contributed by atoms with van der Waals surface area (Å²) in [6.07, 6.45) is 0. The van der Waals surface area contributed by atoms with Crippen molar-refractivity contribution in [3.8, 4) is 17.2 Å². The van der Waals surface area contributed by atoms with E-state index in [9.17, 15) is 9.59 Å². The Morgan fingerprint density at radius 1 is 0.852 bits per heavy atom. The molecule has 6 heteroatoms. The molecule has 0 aliphatic carbocycles. The highest BCUT2D eigenvalue weighted by molar-refractivity contribution is 6.10. The topological polar surface area (TPSA) is 73.9 Å². The van der Waals surface area contributed by atoms with Crippen molar-refractivity contribution in [3.63, 3.8) is 0 Å². The van der Waals surface area contributed by atoms with Gasteiger partial charge in [0.1, 0.15) is 0 Å². The Balaban J connectivity index is 2.38. The molecule has 0 fully saturated rings. The first-order valence-electron chi connectivity index (χ1n) is 8.47. The van der Waals surface area contributed by atoms with Gasteiger partial charge in [-0.1, -0.05) is 32.9 Å². The quantitative estimate of drug-likeness (QED) is 0.779. The van der Waals surface area contributed by atoms with Crippen molar-refractivity contribution < 1.29 is 23.8 Å². The van der Waals surface area contributed by atoms with E-state index in [1.807, 2.05) is 20.8 Å². The molecule has 0 aliphatic rings. The van der Waals surface area contributed by atoms with E-state index in [0.717, 1.165) is 0 Å². The van der Waals surface area contributed by atoms with Gasteiger partial charge < -0.3 is 19.5 Å². The molecule has 0 saturated heterocycles. The minimum atomic E-state index is -0.531. The third-order valence-corrected chi connectivity index (χ3v) is 3.99. The van der Waals surface area contributed by atoms with E-state index in [4.69, 9.17) is 14.2 Å². The first-order chi connectivity index (χ1) is 12.7. The molecule has 0 spiro atoms. The molecule has 2 aromatic rings. The summed E-state index contributed by atoms with van der Waals surface area (Å²) < 4.78 is 15.9. The fourth-order valence-electron chi connectivity index (χ4n) is 2.44. The molecule has 2 aromatic carbocycles. The minimum absolute atomic E-state index is 0.125. The van der Waals surface area contributed by atoms with Gasteiger partial charge in [0.25, 0.3) is 0 Å². The van der Waals surface area contributed by atoms with E-state index in [0.29, 0.717) is 34.1 Å². The van der Waals surface area contributed by atoms with Crippen LogP contribution in [-0.2, 0) is 4.79 Å². The van der Waals surface area contributed by atoms with Gasteiger partial charge in [0.2, 0.25) is 11.7 Å². The molecule has 0 aliphatic heterocycles. The van der Waals surface area contributed by atoms with Crippen LogP contribution in [0.4, 0.5) is 5.69 Å². The van der Waals surface area contributed by atoms with Crippen LogP contribution in [0.3, 0.4) is 0 Å². The van der Waals surface area contributed by atoms with E-state index >= 15 is 0 Å². The highest BCUT2D eigenvalue weighted by Crippen LogP contribution is 2.38. The maximum atomic E-state index is 13.0. The first-order valence-corrected chi connectivity index (χ1v) is 8.47.